The van der Waals surface area contributed by atoms with Gasteiger partial charge in [0, 0.05) is 31.5 Å². The van der Waals surface area contributed by atoms with Crippen molar-refractivity contribution in [1.29, 1.82) is 0 Å². The first-order valence-electron chi connectivity index (χ1n) is 11.5. The molecular weight excluding hydrogens is 464 g/mol. The minimum Gasteiger partial charge on any atom is -0.493 e. The molecule has 3 rings (SSSR count). The first kappa shape index (κ1) is 26.1. The Labute approximate surface area is 211 Å². The van der Waals surface area contributed by atoms with Gasteiger partial charge in [0.05, 0.1) is 14.2 Å². The largest absolute Gasteiger partial charge is 0.493 e. The average Bonchev–Trinajstić information content (AvgIpc) is 2.90. The zero-order valence-corrected chi connectivity index (χ0v) is 21.0. The molecule has 0 heterocycles. The summed E-state index contributed by atoms with van der Waals surface area (Å²) < 4.78 is 10.7. The van der Waals surface area contributed by atoms with Crippen LogP contribution in [-0.2, 0) is 29.0 Å². The molecule has 6 nitrogen and oxygen atoms in total. The van der Waals surface area contributed by atoms with Crippen molar-refractivity contribution in [3.63, 3.8) is 0 Å². The lowest BCUT2D eigenvalue weighted by atomic mass is 10.0. The van der Waals surface area contributed by atoms with Crippen LogP contribution >= 0.6 is 11.6 Å². The maximum absolute atomic E-state index is 13.6. The minimum atomic E-state index is -0.656. The minimum absolute atomic E-state index is 0.112. The molecule has 0 bridgehead atoms. The molecule has 0 saturated heterocycles. The number of methoxy groups -OCH3 is 2. The van der Waals surface area contributed by atoms with Gasteiger partial charge in [-0.3, -0.25) is 9.59 Å². The van der Waals surface area contributed by atoms with Crippen LogP contribution in [0.15, 0.2) is 72.8 Å². The SMILES string of the molecule is CNC(=O)[C@@H](Cc1ccccc1)N(Cc1ccc(Cl)cc1)C(=O)CCc1ccc(OC)c(OC)c1. The number of ether oxygens (including phenoxy) is 2. The molecule has 3 aromatic carbocycles. The van der Waals surface area contributed by atoms with Crippen molar-refractivity contribution >= 4 is 23.4 Å². The molecule has 1 N–H and O–H groups in total. The standard InChI is InChI=1S/C28H31ClN2O4/c1-30-28(33)24(17-20-7-5-4-6-8-20)31(19-22-9-13-23(29)14-10-22)27(32)16-12-21-11-15-25(34-2)26(18-21)35-3/h4-11,13-15,18,24H,12,16-17,19H2,1-3H3,(H,30,33)/t24-/m1/s1. The Hall–Kier alpha value is -3.51. The van der Waals surface area contributed by atoms with Crippen molar-refractivity contribution in [2.75, 3.05) is 21.3 Å². The van der Waals surface area contributed by atoms with Gasteiger partial charge in [-0.15, -0.1) is 0 Å². The van der Waals surface area contributed by atoms with Crippen molar-refractivity contribution in [2.45, 2.75) is 31.8 Å². The number of amides is 2. The molecule has 0 saturated carbocycles. The molecule has 0 unspecified atom stereocenters. The number of carbonyl (C=O) groups excluding carboxylic acids is 2. The summed E-state index contributed by atoms with van der Waals surface area (Å²) in [5.41, 5.74) is 2.83. The first-order chi connectivity index (χ1) is 16.9. The maximum atomic E-state index is 13.6. The van der Waals surface area contributed by atoms with E-state index in [1.807, 2.05) is 60.7 Å². The van der Waals surface area contributed by atoms with Gasteiger partial charge in [-0.2, -0.15) is 0 Å². The molecule has 1 atom stereocenters. The smallest absolute Gasteiger partial charge is 0.242 e. The van der Waals surface area contributed by atoms with E-state index in [9.17, 15) is 9.59 Å². The molecule has 0 aliphatic carbocycles. The third-order valence-electron chi connectivity index (χ3n) is 5.86. The second-order valence-electron chi connectivity index (χ2n) is 8.16. The third kappa shape index (κ3) is 7.23. The molecule has 0 fully saturated rings. The van der Waals surface area contributed by atoms with E-state index in [0.717, 1.165) is 16.7 Å². The predicted molar refractivity (Wildman–Crippen MR) is 138 cm³/mol. The van der Waals surface area contributed by atoms with Gasteiger partial charge in [-0.1, -0.05) is 60.1 Å². The Bertz CT molecular complexity index is 1120. The number of nitrogens with zero attached hydrogens (tertiary/aromatic N) is 1. The van der Waals surface area contributed by atoms with Crippen molar-refractivity contribution in [2.24, 2.45) is 0 Å². The Morgan fingerprint density at radius 2 is 1.54 bits per heavy atom. The fraction of sp³-hybridized carbons (Fsp3) is 0.286. The van der Waals surface area contributed by atoms with Crippen LogP contribution in [0.5, 0.6) is 11.5 Å². The molecule has 0 aromatic heterocycles. The summed E-state index contributed by atoms with van der Waals surface area (Å²) in [5.74, 6) is 0.929. The van der Waals surface area contributed by atoms with Crippen LogP contribution in [0.1, 0.15) is 23.1 Å². The van der Waals surface area contributed by atoms with Crippen molar-refractivity contribution in [1.82, 2.24) is 10.2 Å². The van der Waals surface area contributed by atoms with Crippen molar-refractivity contribution in [3.05, 3.63) is 94.5 Å². The Balaban J connectivity index is 1.86. The van der Waals surface area contributed by atoms with E-state index in [1.165, 1.54) is 0 Å². The number of hydrogen-bond acceptors (Lipinski definition) is 4. The second kappa shape index (κ2) is 12.8. The van der Waals surface area contributed by atoms with Crippen LogP contribution in [0.2, 0.25) is 5.02 Å². The molecule has 0 radical (unpaired) electrons. The maximum Gasteiger partial charge on any atom is 0.242 e. The number of nitrogens with one attached hydrogen (secondary N) is 1. The normalized spacial score (nSPS) is 11.4. The number of carbonyl (C=O) groups is 2. The van der Waals surface area contributed by atoms with E-state index in [-0.39, 0.29) is 18.2 Å². The second-order valence-corrected chi connectivity index (χ2v) is 8.59. The molecule has 0 spiro atoms. The van der Waals surface area contributed by atoms with E-state index in [4.69, 9.17) is 21.1 Å². The highest BCUT2D eigenvalue weighted by atomic mass is 35.5. The van der Waals surface area contributed by atoms with E-state index >= 15 is 0 Å². The number of likely N-dealkylation sites (N-methyl/N-ethyl adjacent to an activating group) is 1. The Kier molecular flexibility index (Phi) is 9.56. The molecule has 2 amide bonds. The lowest BCUT2D eigenvalue weighted by Crippen LogP contribution is -2.49. The van der Waals surface area contributed by atoms with E-state index < -0.39 is 6.04 Å². The molecule has 3 aromatic rings. The van der Waals surface area contributed by atoms with Gasteiger partial charge in [-0.25, -0.2) is 0 Å². The van der Waals surface area contributed by atoms with Crippen molar-refractivity contribution < 1.29 is 19.1 Å². The van der Waals surface area contributed by atoms with Gasteiger partial charge < -0.3 is 19.7 Å². The highest BCUT2D eigenvalue weighted by molar-refractivity contribution is 6.30. The fourth-order valence-corrected chi connectivity index (χ4v) is 4.06. The summed E-state index contributed by atoms with van der Waals surface area (Å²) in [4.78, 5) is 28.2. The van der Waals surface area contributed by atoms with Gasteiger partial charge in [0.1, 0.15) is 6.04 Å². The lowest BCUT2D eigenvalue weighted by molar-refractivity contribution is -0.141. The summed E-state index contributed by atoms with van der Waals surface area (Å²) in [5, 5.41) is 3.35. The number of halogens is 1. The highest BCUT2D eigenvalue weighted by Gasteiger charge is 2.29. The summed E-state index contributed by atoms with van der Waals surface area (Å²) in [6.45, 7) is 0.298. The molecule has 7 heteroatoms. The molecule has 0 aliphatic rings. The number of aryl methyl sites for hydroxylation is 1. The van der Waals surface area contributed by atoms with E-state index in [2.05, 4.69) is 5.32 Å². The molecular formula is C28H31ClN2O4. The summed E-state index contributed by atoms with van der Waals surface area (Å²) in [7, 11) is 4.76. The van der Waals surface area contributed by atoms with Gasteiger partial charge >= 0.3 is 0 Å². The quantitative estimate of drug-likeness (QED) is 0.420. The van der Waals surface area contributed by atoms with Crippen LogP contribution < -0.4 is 14.8 Å². The first-order valence-corrected chi connectivity index (χ1v) is 11.8. The number of rotatable bonds is 11. The van der Waals surface area contributed by atoms with Crippen LogP contribution in [0.3, 0.4) is 0 Å². The van der Waals surface area contributed by atoms with Gasteiger partial charge in [0.15, 0.2) is 11.5 Å². The van der Waals surface area contributed by atoms with Crippen molar-refractivity contribution in [3.8, 4) is 11.5 Å². The average molecular weight is 495 g/mol. The summed E-state index contributed by atoms with van der Waals surface area (Å²) >= 11 is 6.05. The zero-order valence-electron chi connectivity index (χ0n) is 20.3. The molecule has 0 aliphatic heterocycles. The molecule has 35 heavy (non-hydrogen) atoms. The lowest BCUT2D eigenvalue weighted by Gasteiger charge is -2.31. The van der Waals surface area contributed by atoms with Crippen LogP contribution in [-0.4, -0.2) is 44.0 Å². The molecule has 184 valence electrons. The predicted octanol–water partition coefficient (Wildman–Crippen LogP) is 4.68. The fourth-order valence-electron chi connectivity index (χ4n) is 3.94. The number of hydrogen-bond donors (Lipinski definition) is 1. The van der Waals surface area contributed by atoms with Gasteiger partial charge in [0.2, 0.25) is 11.8 Å². The monoisotopic (exact) mass is 494 g/mol. The van der Waals surface area contributed by atoms with Crippen LogP contribution in [0.25, 0.3) is 0 Å². The Morgan fingerprint density at radius 1 is 0.886 bits per heavy atom. The van der Waals surface area contributed by atoms with Gasteiger partial charge in [-0.05, 0) is 47.4 Å². The van der Waals surface area contributed by atoms with Crippen LogP contribution in [0, 0.1) is 0 Å². The number of benzene rings is 3. The zero-order chi connectivity index (χ0) is 25.2. The third-order valence-corrected chi connectivity index (χ3v) is 6.11. The van der Waals surface area contributed by atoms with Crippen LogP contribution in [0.4, 0.5) is 0 Å². The summed E-state index contributed by atoms with van der Waals surface area (Å²) in [6.07, 6.45) is 1.16. The van der Waals surface area contributed by atoms with Gasteiger partial charge in [0.25, 0.3) is 0 Å². The summed E-state index contributed by atoms with van der Waals surface area (Å²) in [6, 6.07) is 22.0. The van der Waals surface area contributed by atoms with E-state index in [1.54, 1.807) is 38.3 Å². The topological polar surface area (TPSA) is 67.9 Å². The Morgan fingerprint density at radius 3 is 2.17 bits per heavy atom. The highest BCUT2D eigenvalue weighted by Crippen LogP contribution is 2.28. The van der Waals surface area contributed by atoms with E-state index in [0.29, 0.717) is 35.9 Å².